The minimum absolute atomic E-state index is 0.0233. The summed E-state index contributed by atoms with van der Waals surface area (Å²) >= 11 is 0. The molecule has 0 aliphatic carbocycles. The predicted molar refractivity (Wildman–Crippen MR) is 40.3 cm³/mol. The molecule has 0 radical (unpaired) electrons. The highest BCUT2D eigenvalue weighted by molar-refractivity contribution is 6.01. The molecule has 2 rings (SSSR count). The quantitative estimate of drug-likeness (QED) is 0.634. The van der Waals surface area contributed by atoms with Gasteiger partial charge in [-0.05, 0) is 18.2 Å². The number of azo groups is 1. The summed E-state index contributed by atoms with van der Waals surface area (Å²) in [5.41, 5.74) is -0.743. The first-order valence-electron chi connectivity index (χ1n) is 3.66. The number of amides is 1. The van der Waals surface area contributed by atoms with Gasteiger partial charge in [-0.15, -0.1) is 10.2 Å². The molecule has 0 fully saturated rings. The van der Waals surface area contributed by atoms with Crippen molar-refractivity contribution < 1.29 is 18.0 Å². The lowest BCUT2D eigenvalue weighted by atomic mass is 10.1. The molecule has 1 amide bonds. The molecule has 72 valence electrons. The average Bonchev–Trinajstić information content (AvgIpc) is 2.46. The van der Waals surface area contributed by atoms with Crippen LogP contribution < -0.4 is 0 Å². The Bertz CT molecular complexity index is 437. The maximum atomic E-state index is 12.2. The van der Waals surface area contributed by atoms with Crippen molar-refractivity contribution in [2.24, 2.45) is 10.2 Å². The van der Waals surface area contributed by atoms with Gasteiger partial charge in [0.1, 0.15) is 0 Å². The van der Waals surface area contributed by atoms with Crippen LogP contribution in [0.25, 0.3) is 0 Å². The molecule has 6 heteroatoms. The first-order valence-corrected chi connectivity index (χ1v) is 3.66. The van der Waals surface area contributed by atoms with Crippen LogP contribution in [0.1, 0.15) is 15.9 Å². The highest BCUT2D eigenvalue weighted by Crippen LogP contribution is 2.35. The summed E-state index contributed by atoms with van der Waals surface area (Å²) in [7, 11) is 0. The molecule has 0 bridgehead atoms. The zero-order chi connectivity index (χ0) is 10.3. The highest BCUT2D eigenvalue weighted by Gasteiger charge is 2.32. The van der Waals surface area contributed by atoms with Gasteiger partial charge < -0.3 is 0 Å². The first kappa shape index (κ1) is 8.86. The average molecular weight is 200 g/mol. The molecule has 1 aromatic carbocycles. The van der Waals surface area contributed by atoms with Crippen molar-refractivity contribution >= 4 is 11.6 Å². The van der Waals surface area contributed by atoms with Crippen LogP contribution in [0.3, 0.4) is 0 Å². The fraction of sp³-hybridized carbons (Fsp3) is 0.125. The lowest BCUT2D eigenvalue weighted by molar-refractivity contribution is -0.137. The van der Waals surface area contributed by atoms with Gasteiger partial charge in [-0.3, -0.25) is 4.79 Å². The number of hydrogen-bond donors (Lipinski definition) is 0. The molecule has 0 spiro atoms. The maximum absolute atomic E-state index is 12.2. The Labute approximate surface area is 76.3 Å². The number of halogens is 3. The maximum Gasteiger partial charge on any atom is 0.416 e. The summed E-state index contributed by atoms with van der Waals surface area (Å²) < 4.78 is 36.6. The van der Waals surface area contributed by atoms with Crippen molar-refractivity contribution in [3.05, 3.63) is 29.3 Å². The van der Waals surface area contributed by atoms with Crippen LogP contribution in [0.15, 0.2) is 28.4 Å². The second-order valence-electron chi connectivity index (χ2n) is 2.73. The molecule has 1 aliphatic rings. The van der Waals surface area contributed by atoms with Gasteiger partial charge in [0.15, 0.2) is 0 Å². The summed E-state index contributed by atoms with van der Waals surface area (Å²) in [5.74, 6) is -0.603. The van der Waals surface area contributed by atoms with Crippen LogP contribution in [-0.2, 0) is 6.18 Å². The van der Waals surface area contributed by atoms with E-state index in [0.29, 0.717) is 0 Å². The van der Waals surface area contributed by atoms with E-state index in [9.17, 15) is 18.0 Å². The monoisotopic (exact) mass is 200 g/mol. The van der Waals surface area contributed by atoms with Crippen LogP contribution in [-0.4, -0.2) is 5.91 Å². The standard InChI is InChI=1S/C8H3F3N2O/c9-8(10,11)4-1-2-5-6(3-4)12-13-7(5)14/h1-3H. The number of nitrogens with zero attached hydrogens (tertiary/aromatic N) is 2. The minimum atomic E-state index is -4.42. The molecule has 3 nitrogen and oxygen atoms in total. The van der Waals surface area contributed by atoms with Crippen LogP contribution >= 0.6 is 0 Å². The topological polar surface area (TPSA) is 41.8 Å². The van der Waals surface area contributed by atoms with E-state index in [0.717, 1.165) is 18.2 Å². The number of alkyl halides is 3. The van der Waals surface area contributed by atoms with E-state index < -0.39 is 17.6 Å². The van der Waals surface area contributed by atoms with Crippen LogP contribution in [0, 0.1) is 0 Å². The molecule has 14 heavy (non-hydrogen) atoms. The fourth-order valence-corrected chi connectivity index (χ4v) is 1.12. The molecule has 0 unspecified atom stereocenters. The van der Waals surface area contributed by atoms with Crippen LogP contribution in [0.2, 0.25) is 0 Å². The van der Waals surface area contributed by atoms with Gasteiger partial charge in [-0.25, -0.2) is 0 Å². The van der Waals surface area contributed by atoms with E-state index in [1.165, 1.54) is 0 Å². The molecule has 0 N–H and O–H groups in total. The van der Waals surface area contributed by atoms with Gasteiger partial charge in [0.25, 0.3) is 5.91 Å². The zero-order valence-corrected chi connectivity index (χ0v) is 6.67. The van der Waals surface area contributed by atoms with E-state index in [-0.39, 0.29) is 11.3 Å². The molecule has 1 heterocycles. The number of carbonyl (C=O) groups is 1. The van der Waals surface area contributed by atoms with Crippen LogP contribution in [0.4, 0.5) is 18.9 Å². The fourth-order valence-electron chi connectivity index (χ4n) is 1.12. The number of fused-ring (bicyclic) bond motifs is 1. The third kappa shape index (κ3) is 1.28. The van der Waals surface area contributed by atoms with Crippen molar-refractivity contribution in [2.75, 3.05) is 0 Å². The van der Waals surface area contributed by atoms with Crippen molar-refractivity contribution in [1.82, 2.24) is 0 Å². The number of carbonyl (C=O) groups excluding carboxylic acids is 1. The summed E-state index contributed by atoms with van der Waals surface area (Å²) in [6.07, 6.45) is -4.42. The highest BCUT2D eigenvalue weighted by atomic mass is 19.4. The van der Waals surface area contributed by atoms with Crippen LogP contribution in [0.5, 0.6) is 0 Å². The van der Waals surface area contributed by atoms with Gasteiger partial charge in [0, 0.05) is 0 Å². The molecule has 1 aliphatic heterocycles. The smallest absolute Gasteiger partial charge is 0.265 e. The normalized spacial score (nSPS) is 14.6. The van der Waals surface area contributed by atoms with E-state index in [1.807, 2.05) is 0 Å². The molecule has 1 aromatic rings. The number of rotatable bonds is 0. The summed E-state index contributed by atoms with van der Waals surface area (Å²) in [6.45, 7) is 0. The van der Waals surface area contributed by atoms with Gasteiger partial charge in [-0.2, -0.15) is 13.2 Å². The van der Waals surface area contributed by atoms with E-state index in [4.69, 9.17) is 0 Å². The van der Waals surface area contributed by atoms with E-state index >= 15 is 0 Å². The Morgan fingerprint density at radius 2 is 1.86 bits per heavy atom. The lowest BCUT2D eigenvalue weighted by Gasteiger charge is -2.06. The Hall–Kier alpha value is -1.72. The zero-order valence-electron chi connectivity index (χ0n) is 6.67. The summed E-state index contributed by atoms with van der Waals surface area (Å²) in [4.78, 5) is 10.9. The van der Waals surface area contributed by atoms with E-state index in [2.05, 4.69) is 10.2 Å². The molecule has 0 saturated carbocycles. The van der Waals surface area contributed by atoms with Crippen molar-refractivity contribution in [2.45, 2.75) is 6.18 Å². The molecular weight excluding hydrogens is 197 g/mol. The summed E-state index contributed by atoms with van der Waals surface area (Å²) in [5, 5.41) is 6.48. The summed E-state index contributed by atoms with van der Waals surface area (Å²) in [6, 6.07) is 2.73. The molecular formula is C8H3F3N2O. The largest absolute Gasteiger partial charge is 0.416 e. The Balaban J connectivity index is 2.52. The van der Waals surface area contributed by atoms with Gasteiger partial charge in [0.05, 0.1) is 16.8 Å². The van der Waals surface area contributed by atoms with Gasteiger partial charge >= 0.3 is 6.18 Å². The van der Waals surface area contributed by atoms with E-state index in [1.54, 1.807) is 0 Å². The third-order valence-electron chi connectivity index (χ3n) is 1.80. The third-order valence-corrected chi connectivity index (χ3v) is 1.80. The Kier molecular flexibility index (Phi) is 1.67. The lowest BCUT2D eigenvalue weighted by Crippen LogP contribution is -2.04. The SMILES string of the molecule is O=C1N=Nc2cc(C(F)(F)F)ccc21. The molecule has 0 saturated heterocycles. The van der Waals surface area contributed by atoms with Gasteiger partial charge in [0.2, 0.25) is 0 Å². The Morgan fingerprint density at radius 3 is 2.50 bits per heavy atom. The van der Waals surface area contributed by atoms with Crippen molar-refractivity contribution in [1.29, 1.82) is 0 Å². The second-order valence-corrected chi connectivity index (χ2v) is 2.73. The Morgan fingerprint density at radius 1 is 1.14 bits per heavy atom. The van der Waals surface area contributed by atoms with Crippen molar-refractivity contribution in [3.8, 4) is 0 Å². The first-order chi connectivity index (χ1) is 6.48. The number of hydrogen-bond acceptors (Lipinski definition) is 2. The predicted octanol–water partition coefficient (Wildman–Crippen LogP) is 2.94. The molecule has 0 atom stereocenters. The molecule has 0 aromatic heterocycles. The second kappa shape index (κ2) is 2.63. The van der Waals surface area contributed by atoms with Gasteiger partial charge in [-0.1, -0.05) is 0 Å². The minimum Gasteiger partial charge on any atom is -0.265 e. The number of benzene rings is 1. The van der Waals surface area contributed by atoms with Crippen molar-refractivity contribution in [3.63, 3.8) is 0 Å².